The number of aromatic nitrogens is 1. The molecule has 1 saturated heterocycles. The Labute approximate surface area is 233 Å². The molecular weight excluding hydrogens is 559 g/mol. The minimum atomic E-state index is -5.42. The van der Waals surface area contributed by atoms with E-state index in [-0.39, 0.29) is 19.3 Å². The van der Waals surface area contributed by atoms with Crippen molar-refractivity contribution in [3.63, 3.8) is 0 Å². The number of halogens is 1. The zero-order chi connectivity index (χ0) is 29.7. The minimum absolute atomic E-state index is 0.00476. The molecule has 212 valence electrons. The van der Waals surface area contributed by atoms with E-state index in [1.807, 2.05) is 55.6 Å². The first-order valence-electron chi connectivity index (χ1n) is 12.2. The van der Waals surface area contributed by atoms with Crippen LogP contribution < -0.4 is 9.30 Å². The summed E-state index contributed by atoms with van der Waals surface area (Å²) in [6.07, 6.45) is 0.446. The number of para-hydroxylation sites is 2. The summed E-state index contributed by atoms with van der Waals surface area (Å²) in [6.45, 7) is 0. The number of nitrogens with zero attached hydrogens (tertiary/aromatic N) is 2. The highest BCUT2D eigenvalue weighted by atomic mass is 32.3. The van der Waals surface area contributed by atoms with Crippen LogP contribution in [-0.4, -0.2) is 41.8 Å². The van der Waals surface area contributed by atoms with Crippen LogP contribution in [0.3, 0.4) is 0 Å². The fourth-order valence-electron chi connectivity index (χ4n) is 4.38. The number of carbonyl (C=O) groups is 4. The van der Waals surface area contributed by atoms with Gasteiger partial charge < -0.3 is 14.1 Å². The van der Waals surface area contributed by atoms with E-state index in [4.69, 9.17) is 22.5 Å². The summed E-state index contributed by atoms with van der Waals surface area (Å²) in [5.41, 5.74) is 3.15. The van der Waals surface area contributed by atoms with Crippen LogP contribution in [0.1, 0.15) is 35.2 Å². The molecule has 11 nitrogen and oxygen atoms in total. The molecule has 2 heterocycles. The Balaban J connectivity index is 0.000000714. The molecule has 1 aromatic heterocycles. The third-order valence-corrected chi connectivity index (χ3v) is 6.22. The van der Waals surface area contributed by atoms with Crippen molar-refractivity contribution in [2.45, 2.75) is 25.7 Å². The normalized spacial score (nSPS) is 13.2. The van der Waals surface area contributed by atoms with Gasteiger partial charge >= 0.3 is 11.9 Å². The predicted molar refractivity (Wildman–Crippen MR) is 140 cm³/mol. The number of aryl methyl sites for hydroxylation is 2. The lowest BCUT2D eigenvalue weighted by atomic mass is 10.0. The van der Waals surface area contributed by atoms with E-state index < -0.39 is 34.3 Å². The van der Waals surface area contributed by atoms with Gasteiger partial charge in [-0.2, -0.15) is 4.57 Å². The van der Waals surface area contributed by atoms with Crippen molar-refractivity contribution in [2.75, 3.05) is 0 Å². The van der Waals surface area contributed by atoms with Crippen LogP contribution in [-0.2, 0) is 43.2 Å². The fraction of sp³-hybridized carbons (Fsp3) is 0.179. The topological polar surface area (TPSA) is 151 Å². The van der Waals surface area contributed by atoms with Crippen molar-refractivity contribution >= 4 is 56.1 Å². The van der Waals surface area contributed by atoms with Gasteiger partial charge in [-0.3, -0.25) is 9.59 Å². The van der Waals surface area contributed by atoms with E-state index >= 15 is 0 Å². The van der Waals surface area contributed by atoms with Gasteiger partial charge in [-0.25, -0.2) is 18.0 Å². The summed E-state index contributed by atoms with van der Waals surface area (Å²) in [7, 11) is -3.45. The first-order valence-corrected chi connectivity index (χ1v) is 13.6. The summed E-state index contributed by atoms with van der Waals surface area (Å²) in [5.74, 6) is -1.76. The number of ether oxygens (including phenoxy) is 1. The Kier molecular flexibility index (Phi) is 8.69. The SMILES string of the molecule is C[n+]1c2ccccc2c(C(=O)Oc2ccc(CCC(=O)ON3C(=O)CCC3=O)cc2)c2ccccc21.O=S(=O)([O-])F. The molecule has 0 unspecified atom stereocenters. The number of pyridine rings is 1. The van der Waals surface area contributed by atoms with Crippen molar-refractivity contribution in [1.29, 1.82) is 0 Å². The molecule has 0 spiro atoms. The second-order valence-electron chi connectivity index (χ2n) is 8.94. The van der Waals surface area contributed by atoms with Crippen molar-refractivity contribution in [3.05, 3.63) is 83.9 Å². The van der Waals surface area contributed by atoms with Gasteiger partial charge in [0, 0.05) is 25.0 Å². The number of hydroxylamine groups is 2. The molecule has 0 aliphatic carbocycles. The third-order valence-electron chi connectivity index (χ3n) is 6.22. The van der Waals surface area contributed by atoms with Gasteiger partial charge in [0.25, 0.3) is 22.3 Å². The first-order chi connectivity index (χ1) is 19.4. The van der Waals surface area contributed by atoms with Crippen molar-refractivity contribution < 1.29 is 50.2 Å². The molecule has 3 aromatic carbocycles. The van der Waals surface area contributed by atoms with Gasteiger partial charge in [-0.1, -0.05) is 36.4 Å². The molecule has 1 aliphatic rings. The van der Waals surface area contributed by atoms with Gasteiger partial charge in [0.15, 0.2) is 0 Å². The van der Waals surface area contributed by atoms with Crippen LogP contribution in [0, 0.1) is 0 Å². The Morgan fingerprint density at radius 3 is 1.90 bits per heavy atom. The van der Waals surface area contributed by atoms with Crippen LogP contribution in [0.5, 0.6) is 5.75 Å². The highest BCUT2D eigenvalue weighted by Gasteiger charge is 2.32. The molecule has 41 heavy (non-hydrogen) atoms. The minimum Gasteiger partial charge on any atom is -0.722 e. The summed E-state index contributed by atoms with van der Waals surface area (Å²) < 4.78 is 43.1. The fourth-order valence-corrected chi connectivity index (χ4v) is 4.38. The van der Waals surface area contributed by atoms with Gasteiger partial charge in [0.1, 0.15) is 12.8 Å². The number of esters is 1. The molecule has 13 heteroatoms. The molecule has 0 bridgehead atoms. The number of imide groups is 1. The maximum atomic E-state index is 13.3. The number of hydrogen-bond acceptors (Lipinski definition) is 9. The lowest BCUT2D eigenvalue weighted by Gasteiger charge is -2.12. The summed E-state index contributed by atoms with van der Waals surface area (Å²) in [5, 5.41) is 2.14. The van der Waals surface area contributed by atoms with E-state index in [1.54, 1.807) is 24.3 Å². The lowest BCUT2D eigenvalue weighted by molar-refractivity contribution is -0.617. The first kappa shape index (κ1) is 29.2. The van der Waals surface area contributed by atoms with Gasteiger partial charge in [-0.05, 0) is 36.2 Å². The molecule has 4 aromatic rings. The Bertz CT molecular complexity index is 1690. The van der Waals surface area contributed by atoms with Crippen LogP contribution in [0.4, 0.5) is 3.89 Å². The van der Waals surface area contributed by atoms with Gasteiger partial charge in [0.2, 0.25) is 11.0 Å². The number of carbonyl (C=O) groups excluding carboxylic acids is 4. The maximum Gasteiger partial charge on any atom is 0.345 e. The van der Waals surface area contributed by atoms with E-state index in [9.17, 15) is 23.1 Å². The number of rotatable bonds is 6. The third kappa shape index (κ3) is 7.26. The molecule has 0 atom stereocenters. The zero-order valence-corrected chi connectivity index (χ0v) is 22.4. The maximum absolute atomic E-state index is 13.3. The molecule has 2 amide bonds. The molecule has 1 fully saturated rings. The van der Waals surface area contributed by atoms with Crippen LogP contribution in [0.25, 0.3) is 21.8 Å². The van der Waals surface area contributed by atoms with E-state index in [0.717, 1.165) is 27.4 Å². The Morgan fingerprint density at radius 1 is 0.902 bits per heavy atom. The zero-order valence-electron chi connectivity index (χ0n) is 21.6. The standard InChI is InChI=1S/C28H23N2O6.FHO3S/c1-29-22-8-4-2-6-20(22)27(21-7-3-5-9-23(21)29)28(34)35-19-13-10-18(11-14-19)12-17-26(33)36-30-24(31)15-16-25(30)32;1-5(2,3)4/h2-11,13-14H,12,15-17H2,1H3;(H,2,3,4)/q+1;/p-1. The molecule has 0 radical (unpaired) electrons. The van der Waals surface area contributed by atoms with E-state index in [2.05, 4.69) is 4.57 Å². The number of benzene rings is 3. The van der Waals surface area contributed by atoms with E-state index in [1.165, 1.54) is 0 Å². The summed E-state index contributed by atoms with van der Waals surface area (Å²) in [4.78, 5) is 53.4. The van der Waals surface area contributed by atoms with Gasteiger partial charge in [-0.15, -0.1) is 8.95 Å². The second-order valence-corrected chi connectivity index (χ2v) is 9.73. The van der Waals surface area contributed by atoms with Crippen LogP contribution >= 0.6 is 0 Å². The smallest absolute Gasteiger partial charge is 0.345 e. The Hall–Kier alpha value is -4.75. The van der Waals surface area contributed by atoms with Crippen molar-refractivity contribution in [1.82, 2.24) is 5.06 Å². The highest BCUT2D eigenvalue weighted by Crippen LogP contribution is 2.26. The molecular formula is C28H23FN2O9S. The largest absolute Gasteiger partial charge is 0.722 e. The quantitative estimate of drug-likeness (QED) is 0.0636. The van der Waals surface area contributed by atoms with Crippen LogP contribution in [0.2, 0.25) is 0 Å². The number of fused-ring (bicyclic) bond motifs is 2. The second kappa shape index (κ2) is 12.2. The van der Waals surface area contributed by atoms with E-state index in [0.29, 0.717) is 22.8 Å². The van der Waals surface area contributed by atoms with Crippen molar-refractivity contribution in [2.24, 2.45) is 7.05 Å². The summed E-state index contributed by atoms with van der Waals surface area (Å²) >= 11 is 0. The average molecular weight is 583 g/mol. The lowest BCUT2D eigenvalue weighted by Crippen LogP contribution is -2.32. The monoisotopic (exact) mass is 582 g/mol. The number of amides is 2. The Morgan fingerprint density at radius 2 is 1.39 bits per heavy atom. The van der Waals surface area contributed by atoms with Gasteiger partial charge in [0.05, 0.1) is 22.8 Å². The summed E-state index contributed by atoms with van der Waals surface area (Å²) in [6, 6.07) is 22.2. The number of hydrogen-bond donors (Lipinski definition) is 0. The predicted octanol–water partition coefficient (Wildman–Crippen LogP) is 2.99. The molecule has 0 saturated carbocycles. The molecule has 0 N–H and O–H groups in total. The molecule has 5 rings (SSSR count). The highest BCUT2D eigenvalue weighted by molar-refractivity contribution is 7.80. The van der Waals surface area contributed by atoms with Crippen LogP contribution in [0.15, 0.2) is 72.8 Å². The average Bonchev–Trinajstić information content (AvgIpc) is 3.24. The molecule has 1 aliphatic heterocycles. The van der Waals surface area contributed by atoms with Crippen molar-refractivity contribution in [3.8, 4) is 5.75 Å².